The number of aromatic nitrogens is 1. The third kappa shape index (κ3) is 1.95. The van der Waals surface area contributed by atoms with Gasteiger partial charge < -0.3 is 5.73 Å². The standard InChI is InChI=1S/C14H12N2S/c15-14(10-4-2-1-3-5-10)11-8-13-12(16-9-11)6-7-17-13/h1-9,14H,15H2. The predicted molar refractivity (Wildman–Crippen MR) is 72.1 cm³/mol. The molecule has 2 aromatic heterocycles. The lowest BCUT2D eigenvalue weighted by molar-refractivity contribution is 0.867. The van der Waals surface area contributed by atoms with E-state index in [0.717, 1.165) is 16.6 Å². The van der Waals surface area contributed by atoms with Crippen LogP contribution >= 0.6 is 11.3 Å². The Balaban J connectivity index is 2.03. The molecule has 3 heteroatoms. The summed E-state index contributed by atoms with van der Waals surface area (Å²) in [5.74, 6) is 0. The van der Waals surface area contributed by atoms with E-state index in [4.69, 9.17) is 5.73 Å². The average molecular weight is 240 g/mol. The first-order valence-corrected chi connectivity index (χ1v) is 6.36. The fourth-order valence-electron chi connectivity index (χ4n) is 1.88. The number of nitrogens with two attached hydrogens (primary N) is 1. The van der Waals surface area contributed by atoms with E-state index in [-0.39, 0.29) is 6.04 Å². The van der Waals surface area contributed by atoms with E-state index in [1.54, 1.807) is 11.3 Å². The Labute approximate surface area is 104 Å². The molecule has 0 aliphatic heterocycles. The minimum Gasteiger partial charge on any atom is -0.320 e. The second kappa shape index (κ2) is 4.28. The molecule has 1 aromatic carbocycles. The van der Waals surface area contributed by atoms with Gasteiger partial charge >= 0.3 is 0 Å². The third-order valence-corrected chi connectivity index (χ3v) is 3.69. The van der Waals surface area contributed by atoms with Gasteiger partial charge in [-0.05, 0) is 28.6 Å². The summed E-state index contributed by atoms with van der Waals surface area (Å²) >= 11 is 1.70. The maximum atomic E-state index is 6.24. The molecule has 2 N–H and O–H groups in total. The lowest BCUT2D eigenvalue weighted by atomic mass is 10.0. The topological polar surface area (TPSA) is 38.9 Å². The summed E-state index contributed by atoms with van der Waals surface area (Å²) in [4.78, 5) is 4.42. The molecule has 3 rings (SSSR count). The normalized spacial score (nSPS) is 12.8. The third-order valence-electron chi connectivity index (χ3n) is 2.84. The van der Waals surface area contributed by atoms with E-state index in [1.165, 1.54) is 4.70 Å². The molecule has 2 heterocycles. The summed E-state index contributed by atoms with van der Waals surface area (Å²) in [7, 11) is 0. The number of thiophene rings is 1. The van der Waals surface area contributed by atoms with Crippen molar-refractivity contribution in [1.29, 1.82) is 0 Å². The summed E-state index contributed by atoms with van der Waals surface area (Å²) in [6, 6.07) is 14.2. The highest BCUT2D eigenvalue weighted by Gasteiger charge is 2.09. The van der Waals surface area contributed by atoms with Gasteiger partial charge in [0.15, 0.2) is 0 Å². The van der Waals surface area contributed by atoms with Gasteiger partial charge in [-0.1, -0.05) is 30.3 Å². The van der Waals surface area contributed by atoms with Gasteiger partial charge in [0.1, 0.15) is 0 Å². The van der Waals surface area contributed by atoms with Crippen molar-refractivity contribution in [3.05, 3.63) is 65.2 Å². The zero-order valence-corrected chi connectivity index (χ0v) is 10.0. The smallest absolute Gasteiger partial charge is 0.0809 e. The first-order valence-electron chi connectivity index (χ1n) is 5.48. The molecule has 0 aliphatic carbocycles. The molecule has 2 nitrogen and oxygen atoms in total. The molecular formula is C14H12N2S. The molecule has 0 spiro atoms. The highest BCUT2D eigenvalue weighted by molar-refractivity contribution is 7.17. The van der Waals surface area contributed by atoms with Crippen LogP contribution in [0.3, 0.4) is 0 Å². The van der Waals surface area contributed by atoms with Gasteiger partial charge in [0, 0.05) is 6.20 Å². The summed E-state index contributed by atoms with van der Waals surface area (Å²) in [6.45, 7) is 0. The van der Waals surface area contributed by atoms with Crippen LogP contribution in [0.5, 0.6) is 0 Å². The van der Waals surface area contributed by atoms with Gasteiger partial charge in [-0.3, -0.25) is 4.98 Å². The van der Waals surface area contributed by atoms with Crippen molar-refractivity contribution in [3.8, 4) is 0 Å². The molecule has 0 saturated heterocycles. The monoisotopic (exact) mass is 240 g/mol. The van der Waals surface area contributed by atoms with E-state index < -0.39 is 0 Å². The van der Waals surface area contributed by atoms with E-state index in [2.05, 4.69) is 16.4 Å². The van der Waals surface area contributed by atoms with Crippen LogP contribution in [0.4, 0.5) is 0 Å². The van der Waals surface area contributed by atoms with Gasteiger partial charge in [-0.25, -0.2) is 0 Å². The number of hydrogen-bond acceptors (Lipinski definition) is 3. The number of rotatable bonds is 2. The van der Waals surface area contributed by atoms with Gasteiger partial charge in [0.05, 0.1) is 16.3 Å². The van der Waals surface area contributed by atoms with Gasteiger partial charge in [-0.2, -0.15) is 0 Å². The van der Waals surface area contributed by atoms with Crippen LogP contribution in [0.15, 0.2) is 54.0 Å². The molecule has 0 aliphatic rings. The quantitative estimate of drug-likeness (QED) is 0.746. The number of benzene rings is 1. The molecule has 84 valence electrons. The van der Waals surface area contributed by atoms with Crippen molar-refractivity contribution >= 4 is 21.6 Å². The lowest BCUT2D eigenvalue weighted by Gasteiger charge is -2.11. The Morgan fingerprint density at radius 2 is 1.88 bits per heavy atom. The van der Waals surface area contributed by atoms with Crippen LogP contribution in [0.2, 0.25) is 0 Å². The Morgan fingerprint density at radius 3 is 2.71 bits per heavy atom. The van der Waals surface area contributed by atoms with Crippen molar-refractivity contribution in [1.82, 2.24) is 4.98 Å². The molecule has 0 saturated carbocycles. The SMILES string of the molecule is NC(c1ccccc1)c1cnc2ccsc2c1. The van der Waals surface area contributed by atoms with Crippen LogP contribution in [-0.2, 0) is 0 Å². The number of hydrogen-bond donors (Lipinski definition) is 1. The van der Waals surface area contributed by atoms with Crippen LogP contribution in [0.25, 0.3) is 10.2 Å². The molecule has 1 unspecified atom stereocenters. The van der Waals surface area contributed by atoms with Crippen LogP contribution in [0.1, 0.15) is 17.2 Å². The molecule has 17 heavy (non-hydrogen) atoms. The number of fused-ring (bicyclic) bond motifs is 1. The summed E-state index contributed by atoms with van der Waals surface area (Å²) < 4.78 is 1.19. The minimum atomic E-state index is -0.102. The van der Waals surface area contributed by atoms with Crippen molar-refractivity contribution < 1.29 is 0 Å². The molecule has 0 bridgehead atoms. The van der Waals surface area contributed by atoms with Gasteiger partial charge in [0.25, 0.3) is 0 Å². The van der Waals surface area contributed by atoms with E-state index in [9.17, 15) is 0 Å². The Bertz CT molecular complexity index is 631. The minimum absolute atomic E-state index is 0.102. The molecular weight excluding hydrogens is 228 g/mol. The van der Waals surface area contributed by atoms with Crippen molar-refractivity contribution in [2.45, 2.75) is 6.04 Å². The molecule has 0 radical (unpaired) electrons. The fraction of sp³-hybridized carbons (Fsp3) is 0.0714. The van der Waals surface area contributed by atoms with Crippen LogP contribution in [-0.4, -0.2) is 4.98 Å². The fourth-order valence-corrected chi connectivity index (χ4v) is 2.67. The highest BCUT2D eigenvalue weighted by atomic mass is 32.1. The van der Waals surface area contributed by atoms with Gasteiger partial charge in [0.2, 0.25) is 0 Å². The average Bonchev–Trinajstić information content (AvgIpc) is 2.86. The Kier molecular flexibility index (Phi) is 2.63. The second-order valence-electron chi connectivity index (χ2n) is 3.96. The first kappa shape index (κ1) is 10.4. The molecule has 1 atom stereocenters. The number of nitrogens with zero attached hydrogens (tertiary/aromatic N) is 1. The molecule has 3 aromatic rings. The van der Waals surface area contributed by atoms with Crippen molar-refractivity contribution in [2.24, 2.45) is 5.73 Å². The van der Waals surface area contributed by atoms with Crippen LogP contribution in [0, 0.1) is 0 Å². The lowest BCUT2D eigenvalue weighted by Crippen LogP contribution is -2.11. The van der Waals surface area contributed by atoms with E-state index >= 15 is 0 Å². The summed E-state index contributed by atoms with van der Waals surface area (Å²) in [6.07, 6.45) is 1.87. The number of pyridine rings is 1. The van der Waals surface area contributed by atoms with Crippen LogP contribution < -0.4 is 5.73 Å². The Morgan fingerprint density at radius 1 is 1.06 bits per heavy atom. The largest absolute Gasteiger partial charge is 0.320 e. The van der Waals surface area contributed by atoms with E-state index in [1.807, 2.05) is 42.6 Å². The van der Waals surface area contributed by atoms with Gasteiger partial charge in [-0.15, -0.1) is 11.3 Å². The summed E-state index contributed by atoms with van der Waals surface area (Å²) in [5.41, 5.74) is 9.46. The maximum absolute atomic E-state index is 6.24. The van der Waals surface area contributed by atoms with Crippen molar-refractivity contribution in [3.63, 3.8) is 0 Å². The van der Waals surface area contributed by atoms with Crippen molar-refractivity contribution in [2.75, 3.05) is 0 Å². The Hall–Kier alpha value is -1.71. The first-order chi connectivity index (χ1) is 8.34. The zero-order valence-electron chi connectivity index (χ0n) is 9.21. The zero-order chi connectivity index (χ0) is 11.7. The van der Waals surface area contributed by atoms with E-state index in [0.29, 0.717) is 0 Å². The predicted octanol–water partition coefficient (Wildman–Crippen LogP) is 3.34. The molecule has 0 amide bonds. The molecule has 0 fully saturated rings. The second-order valence-corrected chi connectivity index (χ2v) is 4.91. The maximum Gasteiger partial charge on any atom is 0.0809 e. The summed E-state index contributed by atoms with van der Waals surface area (Å²) in [5, 5.41) is 2.05. The highest BCUT2D eigenvalue weighted by Crippen LogP contribution is 2.24.